The van der Waals surface area contributed by atoms with E-state index in [1.165, 1.54) is 12.1 Å². The maximum Gasteiger partial charge on any atom is 0.422 e. The van der Waals surface area contributed by atoms with Crippen LogP contribution >= 0.6 is 0 Å². The van der Waals surface area contributed by atoms with E-state index in [1.54, 1.807) is 12.1 Å². The predicted molar refractivity (Wildman–Crippen MR) is 143 cm³/mol. The number of benzene rings is 3. The van der Waals surface area contributed by atoms with Gasteiger partial charge in [-0.15, -0.1) is 0 Å². The van der Waals surface area contributed by atoms with Crippen molar-refractivity contribution < 1.29 is 40.9 Å². The standard InChI is InChI=1S/C31H35F5O4/c1-2-3-4-15-37-25-18-38-29(39-19-25)14-8-21-6-12-26-24(16-21)11-10-23(30(26)33)9-5-22-7-13-28(27(32)17-22)40-20-31(34,35)36/h6-7,10-13,16-17,25,29H,2-5,8-9,14-15,18-20H2,1H3. The molecule has 3 aromatic carbocycles. The Morgan fingerprint density at radius 1 is 0.875 bits per heavy atom. The lowest BCUT2D eigenvalue weighted by molar-refractivity contribution is -0.227. The molecule has 1 aliphatic rings. The van der Waals surface area contributed by atoms with Crippen LogP contribution in [0.5, 0.6) is 5.75 Å². The van der Waals surface area contributed by atoms with E-state index in [1.807, 2.05) is 18.2 Å². The van der Waals surface area contributed by atoms with Crippen molar-refractivity contribution in [2.45, 2.75) is 70.4 Å². The zero-order chi connectivity index (χ0) is 28.5. The molecule has 0 aromatic heterocycles. The molecule has 40 heavy (non-hydrogen) atoms. The highest BCUT2D eigenvalue weighted by Crippen LogP contribution is 2.26. The number of halogens is 5. The highest BCUT2D eigenvalue weighted by atomic mass is 19.4. The molecule has 1 saturated heterocycles. The molecule has 0 aliphatic carbocycles. The van der Waals surface area contributed by atoms with Crippen molar-refractivity contribution in [3.05, 3.63) is 76.9 Å². The number of hydrogen-bond acceptors (Lipinski definition) is 4. The third-order valence-corrected chi connectivity index (χ3v) is 6.88. The Bertz CT molecular complexity index is 1240. The number of hydrogen-bond donors (Lipinski definition) is 0. The minimum absolute atomic E-state index is 0.0263. The van der Waals surface area contributed by atoms with Gasteiger partial charge >= 0.3 is 6.18 Å². The highest BCUT2D eigenvalue weighted by Gasteiger charge is 2.29. The first-order valence-corrected chi connectivity index (χ1v) is 13.7. The molecule has 4 nitrogen and oxygen atoms in total. The van der Waals surface area contributed by atoms with Crippen LogP contribution in [0.2, 0.25) is 0 Å². The molecule has 9 heteroatoms. The zero-order valence-electron chi connectivity index (χ0n) is 22.6. The van der Waals surface area contributed by atoms with E-state index in [4.69, 9.17) is 14.2 Å². The van der Waals surface area contributed by atoms with Crippen LogP contribution in [0, 0.1) is 11.6 Å². The van der Waals surface area contributed by atoms with Crippen LogP contribution in [0.15, 0.2) is 48.5 Å². The lowest BCUT2D eigenvalue weighted by atomic mass is 9.98. The minimum atomic E-state index is -4.55. The summed E-state index contributed by atoms with van der Waals surface area (Å²) < 4.78 is 88.3. The van der Waals surface area contributed by atoms with Crippen molar-refractivity contribution in [3.63, 3.8) is 0 Å². The summed E-state index contributed by atoms with van der Waals surface area (Å²) in [6.07, 6.45) is 0.521. The molecule has 0 spiro atoms. The van der Waals surface area contributed by atoms with Crippen molar-refractivity contribution in [1.29, 1.82) is 0 Å². The average molecular weight is 567 g/mol. The van der Waals surface area contributed by atoms with Gasteiger partial charge in [-0.05, 0) is 59.9 Å². The van der Waals surface area contributed by atoms with Crippen LogP contribution in [0.25, 0.3) is 10.8 Å². The molecule has 0 radical (unpaired) electrons. The summed E-state index contributed by atoms with van der Waals surface area (Å²) in [6, 6.07) is 13.0. The Morgan fingerprint density at radius 2 is 1.62 bits per heavy atom. The molecule has 0 N–H and O–H groups in total. The lowest BCUT2D eigenvalue weighted by Gasteiger charge is -2.29. The van der Waals surface area contributed by atoms with Gasteiger partial charge in [0.05, 0.1) is 13.2 Å². The third kappa shape index (κ3) is 8.88. The molecule has 218 valence electrons. The second-order valence-electron chi connectivity index (χ2n) is 10.1. The normalized spacial score (nSPS) is 17.9. The molecular weight excluding hydrogens is 531 g/mol. The first kappa shape index (κ1) is 30.2. The molecule has 0 atom stereocenters. The van der Waals surface area contributed by atoms with Gasteiger partial charge in [-0.2, -0.15) is 13.2 Å². The molecule has 0 amide bonds. The quantitative estimate of drug-likeness (QED) is 0.157. The maximum atomic E-state index is 15.3. The fraction of sp³-hybridized carbons (Fsp3) is 0.484. The third-order valence-electron chi connectivity index (χ3n) is 6.88. The van der Waals surface area contributed by atoms with Gasteiger partial charge < -0.3 is 18.9 Å². The van der Waals surface area contributed by atoms with Crippen LogP contribution in [0.3, 0.4) is 0 Å². The Balaban J connectivity index is 1.27. The van der Waals surface area contributed by atoms with E-state index in [-0.39, 0.29) is 18.2 Å². The van der Waals surface area contributed by atoms with Crippen molar-refractivity contribution in [2.24, 2.45) is 0 Å². The van der Waals surface area contributed by atoms with Crippen molar-refractivity contribution in [2.75, 3.05) is 26.4 Å². The Kier molecular flexibility index (Phi) is 10.8. The van der Waals surface area contributed by atoms with Crippen LogP contribution < -0.4 is 4.74 Å². The van der Waals surface area contributed by atoms with Gasteiger partial charge in [0.2, 0.25) is 0 Å². The molecule has 0 unspecified atom stereocenters. The molecule has 3 aromatic rings. The predicted octanol–water partition coefficient (Wildman–Crippen LogP) is 7.73. The second kappa shape index (κ2) is 14.2. The number of rotatable bonds is 13. The monoisotopic (exact) mass is 566 g/mol. The SMILES string of the molecule is CCCCCOC1COC(CCc2ccc3c(F)c(CCc4ccc(OCC(F)(F)F)c(F)c4)ccc3c2)OC1. The summed E-state index contributed by atoms with van der Waals surface area (Å²) in [5.41, 5.74) is 2.06. The van der Waals surface area contributed by atoms with Crippen molar-refractivity contribution in [3.8, 4) is 5.75 Å². The van der Waals surface area contributed by atoms with E-state index in [0.717, 1.165) is 49.3 Å². The van der Waals surface area contributed by atoms with E-state index in [9.17, 15) is 17.6 Å². The van der Waals surface area contributed by atoms with Crippen LogP contribution in [0.1, 0.15) is 49.3 Å². The minimum Gasteiger partial charge on any atom is -0.481 e. The van der Waals surface area contributed by atoms with Gasteiger partial charge in [0.25, 0.3) is 0 Å². The molecule has 1 aliphatic heterocycles. The van der Waals surface area contributed by atoms with Crippen LogP contribution in [-0.4, -0.2) is 45.0 Å². The molecular formula is C31H35F5O4. The Hall–Kier alpha value is -2.75. The van der Waals surface area contributed by atoms with Gasteiger partial charge in [-0.25, -0.2) is 8.78 Å². The second-order valence-corrected chi connectivity index (χ2v) is 10.1. The van der Waals surface area contributed by atoms with Crippen LogP contribution in [0.4, 0.5) is 22.0 Å². The molecule has 4 rings (SSSR count). The number of ether oxygens (including phenoxy) is 4. The summed E-state index contributed by atoms with van der Waals surface area (Å²) in [5, 5.41) is 1.28. The molecule has 1 heterocycles. The Morgan fingerprint density at radius 3 is 2.35 bits per heavy atom. The van der Waals surface area contributed by atoms with Crippen molar-refractivity contribution >= 4 is 10.8 Å². The average Bonchev–Trinajstić information content (AvgIpc) is 2.93. The topological polar surface area (TPSA) is 36.9 Å². The van der Waals surface area contributed by atoms with E-state index in [2.05, 4.69) is 11.7 Å². The highest BCUT2D eigenvalue weighted by molar-refractivity contribution is 5.84. The zero-order valence-corrected chi connectivity index (χ0v) is 22.6. The van der Waals surface area contributed by atoms with Gasteiger partial charge in [-0.3, -0.25) is 0 Å². The number of fused-ring (bicyclic) bond motifs is 1. The summed E-state index contributed by atoms with van der Waals surface area (Å²) >= 11 is 0. The molecule has 0 bridgehead atoms. The maximum absolute atomic E-state index is 15.3. The van der Waals surface area contributed by atoms with Gasteiger partial charge in [-0.1, -0.05) is 56.2 Å². The molecule has 1 fully saturated rings. The number of alkyl halides is 3. The number of aryl methyl sites for hydroxylation is 3. The first-order chi connectivity index (χ1) is 19.2. The van der Waals surface area contributed by atoms with Gasteiger partial charge in [0.15, 0.2) is 24.5 Å². The lowest BCUT2D eigenvalue weighted by Crippen LogP contribution is -2.37. The van der Waals surface area contributed by atoms with E-state index in [0.29, 0.717) is 49.0 Å². The summed E-state index contributed by atoms with van der Waals surface area (Å²) in [7, 11) is 0. The first-order valence-electron chi connectivity index (χ1n) is 13.7. The Labute approximate surface area is 231 Å². The summed E-state index contributed by atoms with van der Waals surface area (Å²) in [4.78, 5) is 0. The smallest absolute Gasteiger partial charge is 0.422 e. The van der Waals surface area contributed by atoms with E-state index >= 15 is 4.39 Å². The molecule has 0 saturated carbocycles. The van der Waals surface area contributed by atoms with Gasteiger partial charge in [0, 0.05) is 18.4 Å². The summed E-state index contributed by atoms with van der Waals surface area (Å²) in [6.45, 7) is 2.35. The fourth-order valence-electron chi connectivity index (χ4n) is 4.67. The van der Waals surface area contributed by atoms with Crippen molar-refractivity contribution in [1.82, 2.24) is 0 Å². The van der Waals surface area contributed by atoms with E-state index < -0.39 is 24.3 Å². The van der Waals surface area contributed by atoms with Gasteiger partial charge in [0.1, 0.15) is 11.9 Å². The fourth-order valence-corrected chi connectivity index (χ4v) is 4.67. The van der Waals surface area contributed by atoms with Crippen LogP contribution in [-0.2, 0) is 33.5 Å². The summed E-state index contributed by atoms with van der Waals surface area (Å²) in [5.74, 6) is -1.68. The number of unbranched alkanes of at least 4 members (excludes halogenated alkanes) is 2. The largest absolute Gasteiger partial charge is 0.481 e.